The second-order valence-corrected chi connectivity index (χ2v) is 4.46. The molecule has 3 rings (SSSR count). The molecule has 3 aromatic rings. The number of benzene rings is 1. The molecule has 2 aromatic heterocycles. The Kier molecular flexibility index (Phi) is 3.56. The van der Waals surface area contributed by atoms with Gasteiger partial charge in [-0.1, -0.05) is 18.2 Å². The predicted molar refractivity (Wildman–Crippen MR) is 78.6 cm³/mol. The Labute approximate surface area is 120 Å². The molecule has 0 radical (unpaired) electrons. The summed E-state index contributed by atoms with van der Waals surface area (Å²) in [5.74, 6) is 0.493. The molecule has 0 saturated carbocycles. The molecule has 0 bridgehead atoms. The minimum Gasteiger partial charge on any atom is -0.409 e. The lowest BCUT2D eigenvalue weighted by Crippen LogP contribution is -2.09. The molecule has 0 aliphatic heterocycles. The van der Waals surface area contributed by atoms with Crippen LogP contribution in [0.4, 0.5) is 5.69 Å². The summed E-state index contributed by atoms with van der Waals surface area (Å²) in [5, 5.41) is 7.58. The van der Waals surface area contributed by atoms with Crippen molar-refractivity contribution in [3.8, 4) is 11.5 Å². The van der Waals surface area contributed by atoms with Gasteiger partial charge in [0.1, 0.15) is 6.67 Å². The highest BCUT2D eigenvalue weighted by Crippen LogP contribution is 2.16. The first-order valence-corrected chi connectivity index (χ1v) is 6.51. The second-order valence-electron chi connectivity index (χ2n) is 4.11. The number of anilines is 1. The highest BCUT2D eigenvalue weighted by Gasteiger charge is 2.07. The van der Waals surface area contributed by atoms with Crippen LogP contribution in [0.25, 0.3) is 11.5 Å². The van der Waals surface area contributed by atoms with E-state index in [2.05, 4.69) is 15.4 Å². The Morgan fingerprint density at radius 1 is 1.10 bits per heavy atom. The fraction of sp³-hybridized carbons (Fsp3) is 0.0714. The van der Waals surface area contributed by atoms with Crippen LogP contribution in [0.2, 0.25) is 0 Å². The predicted octanol–water partition coefficient (Wildman–Crippen LogP) is 3.34. The van der Waals surface area contributed by atoms with E-state index in [-0.39, 0.29) is 0 Å². The quantitative estimate of drug-likeness (QED) is 0.745. The molecule has 1 N–H and O–H groups in total. The maximum atomic E-state index is 5.49. The van der Waals surface area contributed by atoms with Crippen molar-refractivity contribution in [2.45, 2.75) is 6.67 Å². The Balaban J connectivity index is 1.78. The molecule has 20 heavy (non-hydrogen) atoms. The average Bonchev–Trinajstić information content (AvgIpc) is 2.88. The molecular weight excluding hydrogens is 272 g/mol. The van der Waals surface area contributed by atoms with Gasteiger partial charge in [-0.15, -0.1) is 5.10 Å². The Bertz CT molecular complexity index is 737. The van der Waals surface area contributed by atoms with Gasteiger partial charge in [-0.25, -0.2) is 4.68 Å². The van der Waals surface area contributed by atoms with Gasteiger partial charge in [0.25, 0.3) is 4.84 Å². The number of hydrogen-bond acceptors (Lipinski definition) is 5. The van der Waals surface area contributed by atoms with Gasteiger partial charge in [0.05, 0.1) is 0 Å². The van der Waals surface area contributed by atoms with Gasteiger partial charge in [-0.3, -0.25) is 4.98 Å². The third-order valence-electron chi connectivity index (χ3n) is 2.74. The van der Waals surface area contributed by atoms with Crippen LogP contribution in [0, 0.1) is 4.84 Å². The fourth-order valence-electron chi connectivity index (χ4n) is 1.74. The second kappa shape index (κ2) is 5.66. The monoisotopic (exact) mass is 284 g/mol. The standard InChI is InChI=1S/C14H12N4OS/c20-14-18(10-16-12-4-2-1-3-5-12)17-13(19-14)11-6-8-15-9-7-11/h1-9,16H,10H2. The van der Waals surface area contributed by atoms with E-state index in [1.807, 2.05) is 42.5 Å². The first-order valence-electron chi connectivity index (χ1n) is 6.10. The van der Waals surface area contributed by atoms with E-state index in [9.17, 15) is 0 Å². The molecule has 0 amide bonds. The van der Waals surface area contributed by atoms with Crippen LogP contribution in [0.3, 0.4) is 0 Å². The molecule has 5 nitrogen and oxygen atoms in total. The summed E-state index contributed by atoms with van der Waals surface area (Å²) in [5.41, 5.74) is 1.85. The van der Waals surface area contributed by atoms with Crippen molar-refractivity contribution in [3.63, 3.8) is 0 Å². The minimum atomic E-state index is 0.334. The van der Waals surface area contributed by atoms with Gasteiger partial charge >= 0.3 is 0 Å². The molecule has 100 valence electrons. The summed E-state index contributed by atoms with van der Waals surface area (Å²) in [6.07, 6.45) is 3.38. The summed E-state index contributed by atoms with van der Waals surface area (Å²) in [6.45, 7) is 0.456. The minimum absolute atomic E-state index is 0.334. The van der Waals surface area contributed by atoms with Crippen molar-refractivity contribution in [1.29, 1.82) is 0 Å². The highest BCUT2D eigenvalue weighted by molar-refractivity contribution is 7.71. The van der Waals surface area contributed by atoms with Gasteiger partial charge in [0, 0.05) is 23.6 Å². The van der Waals surface area contributed by atoms with E-state index < -0.39 is 0 Å². The lowest BCUT2D eigenvalue weighted by atomic mass is 10.3. The van der Waals surface area contributed by atoms with Crippen molar-refractivity contribution in [3.05, 3.63) is 59.7 Å². The number of aromatic nitrogens is 3. The van der Waals surface area contributed by atoms with Crippen molar-refractivity contribution < 1.29 is 4.42 Å². The van der Waals surface area contributed by atoms with Crippen molar-refractivity contribution >= 4 is 17.9 Å². The van der Waals surface area contributed by atoms with Crippen LogP contribution in [0.1, 0.15) is 0 Å². The zero-order valence-corrected chi connectivity index (χ0v) is 11.4. The van der Waals surface area contributed by atoms with E-state index in [1.165, 1.54) is 0 Å². The van der Waals surface area contributed by atoms with Crippen LogP contribution >= 0.6 is 12.2 Å². The van der Waals surface area contributed by atoms with Crippen molar-refractivity contribution in [2.24, 2.45) is 0 Å². The topological polar surface area (TPSA) is 55.9 Å². The van der Waals surface area contributed by atoms with Gasteiger partial charge in [0.15, 0.2) is 0 Å². The molecule has 2 heterocycles. The number of pyridine rings is 1. The van der Waals surface area contributed by atoms with Gasteiger partial charge in [-0.2, -0.15) is 0 Å². The molecule has 0 spiro atoms. The van der Waals surface area contributed by atoms with Gasteiger partial charge < -0.3 is 9.73 Å². The molecule has 0 saturated heterocycles. The van der Waals surface area contributed by atoms with Crippen molar-refractivity contribution in [1.82, 2.24) is 14.8 Å². The fourth-order valence-corrected chi connectivity index (χ4v) is 1.92. The molecule has 0 aliphatic rings. The lowest BCUT2D eigenvalue weighted by Gasteiger charge is -2.04. The van der Waals surface area contributed by atoms with E-state index >= 15 is 0 Å². The van der Waals surface area contributed by atoms with Gasteiger partial charge in [0.2, 0.25) is 5.89 Å². The average molecular weight is 284 g/mol. The molecular formula is C14H12N4OS. The number of para-hydroxylation sites is 1. The zero-order chi connectivity index (χ0) is 13.8. The van der Waals surface area contributed by atoms with Crippen LogP contribution in [-0.4, -0.2) is 14.8 Å². The first kappa shape index (κ1) is 12.6. The molecule has 6 heteroatoms. The molecule has 0 aliphatic carbocycles. The number of nitrogens with one attached hydrogen (secondary N) is 1. The van der Waals surface area contributed by atoms with Crippen LogP contribution in [0.15, 0.2) is 59.3 Å². The summed E-state index contributed by atoms with van der Waals surface area (Å²) < 4.78 is 7.10. The smallest absolute Gasteiger partial charge is 0.289 e. The Hall–Kier alpha value is -2.47. The molecule has 1 aromatic carbocycles. The largest absolute Gasteiger partial charge is 0.409 e. The number of nitrogens with zero attached hydrogens (tertiary/aromatic N) is 3. The summed E-state index contributed by atoms with van der Waals surface area (Å²) in [6, 6.07) is 13.5. The van der Waals surface area contributed by atoms with Crippen LogP contribution in [0.5, 0.6) is 0 Å². The maximum Gasteiger partial charge on any atom is 0.289 e. The molecule has 0 fully saturated rings. The normalized spacial score (nSPS) is 10.4. The van der Waals surface area contributed by atoms with Crippen LogP contribution in [-0.2, 0) is 6.67 Å². The maximum absolute atomic E-state index is 5.49. The third kappa shape index (κ3) is 2.75. The SMILES string of the molecule is S=c1oc(-c2ccncc2)nn1CNc1ccccc1. The molecule has 0 unspecified atom stereocenters. The third-order valence-corrected chi connectivity index (χ3v) is 3.03. The molecule has 0 atom stereocenters. The summed E-state index contributed by atoms with van der Waals surface area (Å²) >= 11 is 5.17. The Morgan fingerprint density at radius 2 is 1.85 bits per heavy atom. The number of rotatable bonds is 4. The summed E-state index contributed by atoms with van der Waals surface area (Å²) in [7, 11) is 0. The van der Waals surface area contributed by atoms with E-state index in [4.69, 9.17) is 16.6 Å². The highest BCUT2D eigenvalue weighted by atomic mass is 32.1. The Morgan fingerprint density at radius 3 is 2.60 bits per heavy atom. The van der Waals surface area contributed by atoms with E-state index in [0.29, 0.717) is 17.4 Å². The lowest BCUT2D eigenvalue weighted by molar-refractivity contribution is 0.522. The van der Waals surface area contributed by atoms with Crippen LogP contribution < -0.4 is 5.32 Å². The first-order chi connectivity index (χ1) is 9.83. The van der Waals surface area contributed by atoms with E-state index in [1.54, 1.807) is 17.1 Å². The number of hydrogen-bond donors (Lipinski definition) is 1. The van der Waals surface area contributed by atoms with Crippen molar-refractivity contribution in [2.75, 3.05) is 5.32 Å². The van der Waals surface area contributed by atoms with E-state index in [0.717, 1.165) is 11.3 Å². The zero-order valence-electron chi connectivity index (χ0n) is 10.6. The van der Waals surface area contributed by atoms with Gasteiger partial charge in [-0.05, 0) is 36.5 Å². The summed E-state index contributed by atoms with van der Waals surface area (Å²) in [4.78, 5) is 4.30.